The number of benzene rings is 1. The number of morpholine rings is 1. The van der Waals surface area contributed by atoms with Crippen molar-refractivity contribution in [3.8, 4) is 0 Å². The summed E-state index contributed by atoms with van der Waals surface area (Å²) < 4.78 is 4.34. The normalized spacial score (nSPS) is 18.3. The molecule has 0 bridgehead atoms. The lowest BCUT2D eigenvalue weighted by Gasteiger charge is -2.38. The Bertz CT molecular complexity index is 504. The Hall–Kier alpha value is -0.0400. The van der Waals surface area contributed by atoms with Gasteiger partial charge in [-0.1, -0.05) is 46.9 Å². The molecule has 1 unspecified atom stereocenters. The van der Waals surface area contributed by atoms with Gasteiger partial charge in [-0.2, -0.15) is 0 Å². The molecule has 1 saturated heterocycles. The number of nitrogens with zero attached hydrogens (tertiary/aromatic N) is 1. The van der Waals surface area contributed by atoms with Gasteiger partial charge in [0, 0.05) is 17.6 Å². The summed E-state index contributed by atoms with van der Waals surface area (Å²) in [4.78, 5) is 14.3. The summed E-state index contributed by atoms with van der Waals surface area (Å²) >= 11 is 21.4. The molecule has 2 rings (SSSR count). The monoisotopic (exact) mass is 414 g/mol. The fraction of sp³-hybridized carbons (Fsp3) is 0.462. The van der Waals surface area contributed by atoms with Crippen LogP contribution in [0.4, 0.5) is 0 Å². The molecule has 116 valence electrons. The van der Waals surface area contributed by atoms with Gasteiger partial charge in [0.25, 0.3) is 5.91 Å². The van der Waals surface area contributed by atoms with Gasteiger partial charge in [-0.15, -0.1) is 0 Å². The summed E-state index contributed by atoms with van der Waals surface area (Å²) in [6.45, 7) is 2.27. The topological polar surface area (TPSA) is 41.6 Å². The number of carbonyl (C=O) groups excluding carboxylic acids is 1. The Kier molecular flexibility index (Phi) is 6.17. The smallest absolute Gasteiger partial charge is 0.253 e. The number of carbonyl (C=O) groups is 1. The van der Waals surface area contributed by atoms with E-state index in [9.17, 15) is 4.79 Å². The average molecular weight is 417 g/mol. The third kappa shape index (κ3) is 4.71. The van der Waals surface area contributed by atoms with Gasteiger partial charge in [0.15, 0.2) is 0 Å². The van der Waals surface area contributed by atoms with E-state index in [2.05, 4.69) is 21.2 Å². The molecule has 0 radical (unpaired) electrons. The molecule has 0 saturated carbocycles. The molecule has 1 fully saturated rings. The average Bonchev–Trinajstić information content (AvgIpc) is 2.44. The second kappa shape index (κ2) is 7.49. The van der Waals surface area contributed by atoms with E-state index in [4.69, 9.17) is 39.5 Å². The molecule has 1 aliphatic rings. The molecule has 1 aromatic rings. The number of ether oxygens (including phenoxy) is 1. The van der Waals surface area contributed by atoms with Crippen LogP contribution in [0.1, 0.15) is 10.4 Å². The SMILES string of the molecule is O=C(NC(N1CCOCC1)C(Cl)(Cl)Cl)c1ccccc1Br. The van der Waals surface area contributed by atoms with Crippen molar-refractivity contribution in [1.29, 1.82) is 0 Å². The lowest BCUT2D eigenvalue weighted by Crippen LogP contribution is -2.58. The predicted molar refractivity (Wildman–Crippen MR) is 88.1 cm³/mol. The Morgan fingerprint density at radius 1 is 1.29 bits per heavy atom. The lowest BCUT2D eigenvalue weighted by atomic mass is 10.2. The fourth-order valence-corrected chi connectivity index (χ4v) is 3.11. The third-order valence-corrected chi connectivity index (χ3v) is 4.42. The highest BCUT2D eigenvalue weighted by atomic mass is 79.9. The summed E-state index contributed by atoms with van der Waals surface area (Å²) in [6.07, 6.45) is -0.717. The molecule has 4 nitrogen and oxygen atoms in total. The van der Waals surface area contributed by atoms with E-state index < -0.39 is 9.96 Å². The van der Waals surface area contributed by atoms with E-state index in [0.717, 1.165) is 0 Å². The maximum absolute atomic E-state index is 12.4. The molecular formula is C13H14BrCl3N2O2. The predicted octanol–water partition coefficient (Wildman–Crippen LogP) is 3.21. The van der Waals surface area contributed by atoms with E-state index >= 15 is 0 Å². The number of rotatable bonds is 3. The van der Waals surface area contributed by atoms with E-state index in [-0.39, 0.29) is 5.91 Å². The van der Waals surface area contributed by atoms with Crippen molar-refractivity contribution in [1.82, 2.24) is 10.2 Å². The number of halogens is 4. The standard InChI is InChI=1S/C13H14BrCl3N2O2/c14-10-4-2-1-3-9(10)11(20)18-12(13(15,16)17)19-5-7-21-8-6-19/h1-4,12H,5-8H2,(H,18,20). The highest BCUT2D eigenvalue weighted by Crippen LogP contribution is 2.33. The molecule has 1 N–H and O–H groups in total. The summed E-state index contributed by atoms with van der Waals surface area (Å²) in [5.74, 6) is -0.301. The molecule has 1 atom stereocenters. The fourth-order valence-electron chi connectivity index (χ4n) is 2.06. The van der Waals surface area contributed by atoms with Crippen molar-refractivity contribution < 1.29 is 9.53 Å². The summed E-state index contributed by atoms with van der Waals surface area (Å²) in [5, 5.41) is 2.79. The van der Waals surface area contributed by atoms with Crippen LogP contribution in [0.2, 0.25) is 0 Å². The minimum Gasteiger partial charge on any atom is -0.379 e. The molecule has 1 aliphatic heterocycles. The van der Waals surface area contributed by atoms with Gasteiger partial charge in [0.05, 0.1) is 18.8 Å². The van der Waals surface area contributed by atoms with Gasteiger partial charge in [-0.25, -0.2) is 0 Å². The molecule has 1 heterocycles. The van der Waals surface area contributed by atoms with E-state index in [1.165, 1.54) is 0 Å². The van der Waals surface area contributed by atoms with Gasteiger partial charge in [0.1, 0.15) is 6.17 Å². The molecule has 21 heavy (non-hydrogen) atoms. The number of amides is 1. The number of nitrogens with one attached hydrogen (secondary N) is 1. The Labute approximate surface area is 146 Å². The van der Waals surface area contributed by atoms with Crippen LogP contribution in [0.5, 0.6) is 0 Å². The van der Waals surface area contributed by atoms with Gasteiger partial charge in [-0.3, -0.25) is 9.69 Å². The minimum absolute atomic E-state index is 0.301. The molecular weight excluding hydrogens is 402 g/mol. The van der Waals surface area contributed by atoms with Crippen LogP contribution in [0.3, 0.4) is 0 Å². The zero-order chi connectivity index (χ0) is 15.5. The van der Waals surface area contributed by atoms with Crippen LogP contribution in [0.25, 0.3) is 0 Å². The van der Waals surface area contributed by atoms with Crippen molar-refractivity contribution in [3.05, 3.63) is 34.3 Å². The second-order valence-corrected chi connectivity index (χ2v) is 7.77. The van der Waals surface area contributed by atoms with E-state index in [1.807, 2.05) is 11.0 Å². The number of hydrogen-bond donors (Lipinski definition) is 1. The van der Waals surface area contributed by atoms with Crippen LogP contribution >= 0.6 is 50.7 Å². The van der Waals surface area contributed by atoms with Gasteiger partial charge >= 0.3 is 0 Å². The Morgan fingerprint density at radius 2 is 1.90 bits per heavy atom. The van der Waals surface area contributed by atoms with Gasteiger partial charge in [0.2, 0.25) is 3.79 Å². The van der Waals surface area contributed by atoms with Crippen molar-refractivity contribution in [2.45, 2.75) is 9.96 Å². The largest absolute Gasteiger partial charge is 0.379 e. The zero-order valence-electron chi connectivity index (χ0n) is 11.0. The molecule has 1 aromatic carbocycles. The van der Waals surface area contributed by atoms with E-state index in [0.29, 0.717) is 36.3 Å². The first kappa shape index (κ1) is 17.3. The van der Waals surface area contributed by atoms with Crippen molar-refractivity contribution in [3.63, 3.8) is 0 Å². The first-order valence-electron chi connectivity index (χ1n) is 6.33. The van der Waals surface area contributed by atoms with Gasteiger partial charge in [-0.05, 0) is 28.1 Å². The summed E-state index contributed by atoms with van der Waals surface area (Å²) in [5.41, 5.74) is 0.491. The van der Waals surface area contributed by atoms with Crippen LogP contribution < -0.4 is 5.32 Å². The van der Waals surface area contributed by atoms with Crippen LogP contribution in [0, 0.1) is 0 Å². The minimum atomic E-state index is -1.63. The van der Waals surface area contributed by atoms with Crippen LogP contribution in [-0.2, 0) is 4.74 Å². The van der Waals surface area contributed by atoms with Crippen molar-refractivity contribution >= 4 is 56.6 Å². The lowest BCUT2D eigenvalue weighted by molar-refractivity contribution is 0.00995. The van der Waals surface area contributed by atoms with E-state index in [1.54, 1.807) is 18.2 Å². The third-order valence-electron chi connectivity index (χ3n) is 3.11. The maximum atomic E-state index is 12.4. The second-order valence-electron chi connectivity index (χ2n) is 4.55. The molecule has 0 aliphatic carbocycles. The van der Waals surface area contributed by atoms with Crippen molar-refractivity contribution in [2.75, 3.05) is 26.3 Å². The van der Waals surface area contributed by atoms with Gasteiger partial charge < -0.3 is 10.1 Å². The summed E-state index contributed by atoms with van der Waals surface area (Å²) in [6, 6.07) is 7.09. The van der Waals surface area contributed by atoms with Crippen LogP contribution in [0.15, 0.2) is 28.7 Å². The van der Waals surface area contributed by atoms with Crippen molar-refractivity contribution in [2.24, 2.45) is 0 Å². The molecule has 8 heteroatoms. The summed E-state index contributed by atoms with van der Waals surface area (Å²) in [7, 11) is 0. The first-order valence-corrected chi connectivity index (χ1v) is 8.26. The highest BCUT2D eigenvalue weighted by Gasteiger charge is 2.39. The number of hydrogen-bond acceptors (Lipinski definition) is 3. The zero-order valence-corrected chi connectivity index (χ0v) is 14.8. The Morgan fingerprint density at radius 3 is 2.48 bits per heavy atom. The first-order chi connectivity index (χ1) is 9.89. The Balaban J connectivity index is 2.15. The highest BCUT2D eigenvalue weighted by molar-refractivity contribution is 9.10. The number of alkyl halides is 3. The van der Waals surface area contributed by atoms with Crippen LogP contribution in [-0.4, -0.2) is 47.1 Å². The molecule has 1 amide bonds. The molecule has 0 spiro atoms. The molecule has 0 aromatic heterocycles. The quantitative estimate of drug-likeness (QED) is 0.770. The maximum Gasteiger partial charge on any atom is 0.253 e.